The second kappa shape index (κ2) is 7.95. The molecule has 2 saturated heterocycles. The summed E-state index contributed by atoms with van der Waals surface area (Å²) in [7, 11) is 3.14. The van der Waals surface area contributed by atoms with Crippen LogP contribution in [0.5, 0.6) is 11.5 Å². The number of amides is 2. The average Bonchev–Trinajstić information content (AvgIpc) is 3.05. The van der Waals surface area contributed by atoms with Crippen LogP contribution in [0, 0.1) is 11.8 Å². The summed E-state index contributed by atoms with van der Waals surface area (Å²) in [6, 6.07) is 5.50. The van der Waals surface area contributed by atoms with Crippen molar-refractivity contribution in [3.05, 3.63) is 18.2 Å². The molecule has 3 atom stereocenters. The van der Waals surface area contributed by atoms with E-state index in [1.165, 1.54) is 0 Å². The van der Waals surface area contributed by atoms with Gasteiger partial charge in [0, 0.05) is 37.2 Å². The van der Waals surface area contributed by atoms with E-state index >= 15 is 0 Å². The van der Waals surface area contributed by atoms with E-state index in [4.69, 9.17) is 9.47 Å². The number of methoxy groups -OCH3 is 2. The van der Waals surface area contributed by atoms with Crippen molar-refractivity contribution in [2.45, 2.75) is 25.8 Å². The fourth-order valence-electron chi connectivity index (χ4n) is 3.61. The van der Waals surface area contributed by atoms with Crippen LogP contribution in [0.3, 0.4) is 0 Å². The molecule has 0 saturated carbocycles. The molecular weight excluding hydrogens is 334 g/mol. The van der Waals surface area contributed by atoms with Crippen molar-refractivity contribution < 1.29 is 19.1 Å². The number of nitrogens with zero attached hydrogens (tertiary/aromatic N) is 1. The van der Waals surface area contributed by atoms with Crippen molar-refractivity contribution >= 4 is 17.5 Å². The van der Waals surface area contributed by atoms with Gasteiger partial charge in [-0.3, -0.25) is 9.59 Å². The Morgan fingerprint density at radius 3 is 2.54 bits per heavy atom. The van der Waals surface area contributed by atoms with Gasteiger partial charge in [0.1, 0.15) is 11.5 Å². The molecule has 26 heavy (non-hydrogen) atoms. The molecule has 0 aliphatic carbocycles. The average molecular weight is 361 g/mol. The molecule has 7 heteroatoms. The minimum absolute atomic E-state index is 0.0329. The van der Waals surface area contributed by atoms with Gasteiger partial charge in [-0.25, -0.2) is 0 Å². The topological polar surface area (TPSA) is 79.9 Å². The highest BCUT2D eigenvalue weighted by Crippen LogP contribution is 2.32. The summed E-state index contributed by atoms with van der Waals surface area (Å²) in [5.74, 6) is 1.20. The Kier molecular flexibility index (Phi) is 5.66. The minimum atomic E-state index is -0.332. The normalized spacial score (nSPS) is 25.9. The van der Waals surface area contributed by atoms with Gasteiger partial charge >= 0.3 is 0 Å². The molecule has 2 N–H and O–H groups in total. The molecule has 1 aromatic carbocycles. The highest BCUT2D eigenvalue weighted by atomic mass is 16.5. The maximum atomic E-state index is 12.7. The molecule has 142 valence electrons. The molecule has 0 bridgehead atoms. The fraction of sp³-hybridized carbons (Fsp3) is 0.579. The van der Waals surface area contributed by atoms with Crippen molar-refractivity contribution in [3.8, 4) is 11.5 Å². The molecule has 2 amide bonds. The number of ether oxygens (including phenoxy) is 2. The Hall–Kier alpha value is -2.28. The SMILES string of the molecule is COc1cc(OC)cc(N2CC(C(=O)NC3CCNCC3C)CC2=O)c1. The second-order valence-corrected chi connectivity index (χ2v) is 7.06. The molecule has 0 aromatic heterocycles. The van der Waals surface area contributed by atoms with E-state index in [2.05, 4.69) is 17.6 Å². The molecule has 2 aliphatic rings. The van der Waals surface area contributed by atoms with Gasteiger partial charge in [0.2, 0.25) is 11.8 Å². The molecule has 2 heterocycles. The molecule has 2 fully saturated rings. The molecule has 1 aromatic rings. The van der Waals surface area contributed by atoms with Crippen molar-refractivity contribution in [2.24, 2.45) is 11.8 Å². The predicted octanol–water partition coefficient (Wildman–Crippen LogP) is 1.17. The first-order chi connectivity index (χ1) is 12.5. The highest BCUT2D eigenvalue weighted by Gasteiger charge is 2.37. The number of hydrogen-bond donors (Lipinski definition) is 2. The van der Waals surface area contributed by atoms with E-state index in [1.807, 2.05) is 0 Å². The maximum Gasteiger partial charge on any atom is 0.227 e. The number of hydrogen-bond acceptors (Lipinski definition) is 5. The lowest BCUT2D eigenvalue weighted by Crippen LogP contribution is -2.50. The smallest absolute Gasteiger partial charge is 0.227 e. The fourth-order valence-corrected chi connectivity index (χ4v) is 3.61. The van der Waals surface area contributed by atoms with Crippen molar-refractivity contribution in [3.63, 3.8) is 0 Å². The number of benzene rings is 1. The van der Waals surface area contributed by atoms with E-state index in [0.29, 0.717) is 29.6 Å². The second-order valence-electron chi connectivity index (χ2n) is 7.06. The quantitative estimate of drug-likeness (QED) is 0.823. The van der Waals surface area contributed by atoms with Crippen molar-refractivity contribution in [1.29, 1.82) is 0 Å². The number of nitrogens with one attached hydrogen (secondary N) is 2. The standard InChI is InChI=1S/C19H27N3O4/c1-12-10-20-5-4-17(12)21-19(24)13-6-18(23)22(11-13)14-7-15(25-2)9-16(8-14)26-3/h7-9,12-13,17,20H,4-6,10-11H2,1-3H3,(H,21,24). The zero-order valence-electron chi connectivity index (χ0n) is 15.6. The van der Waals surface area contributed by atoms with Gasteiger partial charge in [0.15, 0.2) is 0 Å². The summed E-state index contributed by atoms with van der Waals surface area (Å²) in [5, 5.41) is 6.47. The highest BCUT2D eigenvalue weighted by molar-refractivity contribution is 6.00. The number of carbonyl (C=O) groups is 2. The zero-order chi connectivity index (χ0) is 18.7. The number of anilines is 1. The van der Waals surface area contributed by atoms with Crippen LogP contribution in [-0.4, -0.2) is 51.7 Å². The third kappa shape index (κ3) is 3.93. The summed E-state index contributed by atoms with van der Waals surface area (Å²) in [6.07, 6.45) is 1.15. The van der Waals surface area contributed by atoms with Crippen LogP contribution < -0.4 is 25.0 Å². The van der Waals surface area contributed by atoms with Gasteiger partial charge in [-0.2, -0.15) is 0 Å². The van der Waals surface area contributed by atoms with Gasteiger partial charge in [0.05, 0.1) is 25.8 Å². The van der Waals surface area contributed by atoms with E-state index in [1.54, 1.807) is 37.3 Å². The lowest BCUT2D eigenvalue weighted by atomic mass is 9.94. The van der Waals surface area contributed by atoms with Crippen LogP contribution in [0.15, 0.2) is 18.2 Å². The van der Waals surface area contributed by atoms with Crippen LogP contribution in [0.4, 0.5) is 5.69 Å². The Balaban J connectivity index is 1.69. The molecule has 0 radical (unpaired) electrons. The first-order valence-electron chi connectivity index (χ1n) is 9.06. The molecule has 2 aliphatic heterocycles. The zero-order valence-corrected chi connectivity index (χ0v) is 15.6. The first kappa shape index (κ1) is 18.5. The van der Waals surface area contributed by atoms with E-state index in [-0.39, 0.29) is 30.2 Å². The first-order valence-corrected chi connectivity index (χ1v) is 9.06. The van der Waals surface area contributed by atoms with Crippen LogP contribution in [0.1, 0.15) is 19.8 Å². The molecule has 3 rings (SSSR count). The van der Waals surface area contributed by atoms with Gasteiger partial charge in [0.25, 0.3) is 0 Å². The van der Waals surface area contributed by atoms with E-state index in [0.717, 1.165) is 19.5 Å². The maximum absolute atomic E-state index is 12.7. The monoisotopic (exact) mass is 361 g/mol. The molecule has 7 nitrogen and oxygen atoms in total. The third-order valence-electron chi connectivity index (χ3n) is 5.26. The lowest BCUT2D eigenvalue weighted by Gasteiger charge is -2.31. The van der Waals surface area contributed by atoms with Crippen LogP contribution in [-0.2, 0) is 9.59 Å². The molecule has 0 spiro atoms. The summed E-state index contributed by atoms with van der Waals surface area (Å²) in [5.41, 5.74) is 0.691. The van der Waals surface area contributed by atoms with Crippen LogP contribution in [0.25, 0.3) is 0 Å². The summed E-state index contributed by atoms with van der Waals surface area (Å²) in [6.45, 7) is 4.32. The number of rotatable bonds is 5. The summed E-state index contributed by atoms with van der Waals surface area (Å²) < 4.78 is 10.6. The third-order valence-corrected chi connectivity index (χ3v) is 5.26. The summed E-state index contributed by atoms with van der Waals surface area (Å²) in [4.78, 5) is 26.8. The Bertz CT molecular complexity index is 656. The Morgan fingerprint density at radius 1 is 1.23 bits per heavy atom. The van der Waals surface area contributed by atoms with E-state index in [9.17, 15) is 9.59 Å². The van der Waals surface area contributed by atoms with Gasteiger partial charge < -0.3 is 25.0 Å². The predicted molar refractivity (Wildman–Crippen MR) is 98.6 cm³/mol. The number of carbonyl (C=O) groups excluding carboxylic acids is 2. The Labute approximate surface area is 154 Å². The van der Waals surface area contributed by atoms with E-state index < -0.39 is 0 Å². The van der Waals surface area contributed by atoms with Crippen molar-refractivity contribution in [1.82, 2.24) is 10.6 Å². The summed E-state index contributed by atoms with van der Waals surface area (Å²) >= 11 is 0. The lowest BCUT2D eigenvalue weighted by molar-refractivity contribution is -0.127. The van der Waals surface area contributed by atoms with Crippen LogP contribution >= 0.6 is 0 Å². The Morgan fingerprint density at radius 2 is 1.92 bits per heavy atom. The minimum Gasteiger partial charge on any atom is -0.497 e. The van der Waals surface area contributed by atoms with Crippen LogP contribution in [0.2, 0.25) is 0 Å². The molecule has 3 unspecified atom stereocenters. The van der Waals surface area contributed by atoms with Gasteiger partial charge in [-0.1, -0.05) is 6.92 Å². The van der Waals surface area contributed by atoms with Gasteiger partial charge in [-0.15, -0.1) is 0 Å². The number of piperidine rings is 1. The van der Waals surface area contributed by atoms with Gasteiger partial charge in [-0.05, 0) is 25.4 Å². The largest absolute Gasteiger partial charge is 0.497 e. The molecular formula is C19H27N3O4. The van der Waals surface area contributed by atoms with Crippen molar-refractivity contribution in [2.75, 3.05) is 38.8 Å².